The van der Waals surface area contributed by atoms with Gasteiger partial charge >= 0.3 is 5.97 Å². The maximum atomic E-state index is 14.0. The van der Waals surface area contributed by atoms with Crippen LogP contribution in [0.2, 0.25) is 0 Å². The lowest BCUT2D eigenvalue weighted by atomic mass is 9.89. The molecule has 11 nitrogen and oxygen atoms in total. The Morgan fingerprint density at radius 1 is 0.548 bits per heavy atom. The van der Waals surface area contributed by atoms with Gasteiger partial charge in [-0.2, -0.15) is 23.5 Å². The summed E-state index contributed by atoms with van der Waals surface area (Å²) in [6.07, 6.45) is 17.4. The highest BCUT2D eigenvalue weighted by molar-refractivity contribution is 7.99. The number of fused-ring (bicyclic) bond motifs is 1. The van der Waals surface area contributed by atoms with Crippen LogP contribution in [0.25, 0.3) is 0 Å². The molecule has 1 aliphatic rings. The summed E-state index contributed by atoms with van der Waals surface area (Å²) in [5, 5.41) is 86.0. The van der Waals surface area contributed by atoms with Gasteiger partial charge in [0.05, 0.1) is 16.4 Å². The molecule has 0 fully saturated rings. The van der Waals surface area contributed by atoms with E-state index in [0.717, 1.165) is 94.3 Å². The van der Waals surface area contributed by atoms with E-state index in [2.05, 4.69) is 20.8 Å². The van der Waals surface area contributed by atoms with E-state index in [0.29, 0.717) is 33.9 Å². The summed E-state index contributed by atoms with van der Waals surface area (Å²) in [7, 11) is 0. The van der Waals surface area contributed by atoms with Crippen molar-refractivity contribution >= 4 is 41.3 Å². The number of ether oxygens (including phenoxy) is 2. The quantitative estimate of drug-likeness (QED) is 0.0186. The lowest BCUT2D eigenvalue weighted by molar-refractivity contribution is -0.0206. The summed E-state index contributed by atoms with van der Waals surface area (Å²) in [6, 6.07) is 4.35. The second-order valence-electron chi connectivity index (χ2n) is 16.3. The van der Waals surface area contributed by atoms with Crippen LogP contribution < -0.4 is 4.74 Å². The van der Waals surface area contributed by atoms with Crippen LogP contribution in [0.5, 0.6) is 51.7 Å². The minimum atomic E-state index is -1.26. The average Bonchev–Trinajstić information content (AvgIpc) is 3.25. The van der Waals surface area contributed by atoms with Gasteiger partial charge in [-0.1, -0.05) is 117 Å². The van der Waals surface area contributed by atoms with Gasteiger partial charge in [-0.15, -0.1) is 11.8 Å². The number of carbonyl (C=O) groups is 1. The third-order valence-corrected chi connectivity index (χ3v) is 14.8. The summed E-state index contributed by atoms with van der Waals surface area (Å²) in [5.41, 5.74) is 1.10. The SMILES string of the molecule is CCCCCCCCSCc1c(O)c(CSCCCCCCCC)c2c(c1O)[C@H](SCCCCCCCC)[C@@H](OC(=O)c1cc(O)c(O)c(O)c1)[C@@H](c1cc(O)c(O)c(O)c1)O2. The second-order valence-corrected chi connectivity index (χ2v) is 19.7. The molecule has 0 saturated carbocycles. The van der Waals surface area contributed by atoms with Crippen LogP contribution in [0.15, 0.2) is 24.3 Å². The van der Waals surface area contributed by atoms with Crippen molar-refractivity contribution in [3.63, 3.8) is 0 Å². The Morgan fingerprint density at radius 2 is 0.984 bits per heavy atom. The molecule has 0 aromatic heterocycles. The second kappa shape index (κ2) is 26.9. The maximum Gasteiger partial charge on any atom is 0.338 e. The Bertz CT molecular complexity index is 1810. The van der Waals surface area contributed by atoms with Crippen molar-refractivity contribution in [3.8, 4) is 51.7 Å². The molecule has 0 spiro atoms. The van der Waals surface area contributed by atoms with Gasteiger partial charge in [-0.25, -0.2) is 4.79 Å². The summed E-state index contributed by atoms with van der Waals surface area (Å²) in [6.45, 7) is 6.55. The largest absolute Gasteiger partial charge is 0.507 e. The van der Waals surface area contributed by atoms with Crippen LogP contribution in [0.1, 0.15) is 180 Å². The molecule has 0 unspecified atom stereocenters. The first kappa shape index (κ1) is 51.0. The fraction of sp³-hybridized carbons (Fsp3) is 0.604. The molecule has 0 bridgehead atoms. The molecule has 8 N–H and O–H groups in total. The van der Waals surface area contributed by atoms with Gasteiger partial charge in [0.25, 0.3) is 0 Å². The van der Waals surface area contributed by atoms with E-state index in [-0.39, 0.29) is 28.4 Å². The molecular formula is C48H70O11S3. The average molecular weight is 919 g/mol. The van der Waals surface area contributed by atoms with Gasteiger partial charge in [-0.3, -0.25) is 0 Å². The minimum Gasteiger partial charge on any atom is -0.507 e. The van der Waals surface area contributed by atoms with Crippen molar-refractivity contribution in [2.24, 2.45) is 0 Å². The normalized spacial score (nSPS) is 16.0. The molecule has 3 aromatic rings. The molecule has 62 heavy (non-hydrogen) atoms. The fourth-order valence-corrected chi connectivity index (χ4v) is 11.1. The first-order chi connectivity index (χ1) is 29.9. The summed E-state index contributed by atoms with van der Waals surface area (Å²) in [5.74, 6) is -2.28. The lowest BCUT2D eigenvalue weighted by Crippen LogP contribution is -2.38. The molecular weight excluding hydrogens is 849 g/mol. The molecule has 0 radical (unpaired) electrons. The first-order valence-electron chi connectivity index (χ1n) is 22.7. The highest BCUT2D eigenvalue weighted by Crippen LogP contribution is 2.58. The van der Waals surface area contributed by atoms with Gasteiger partial charge < -0.3 is 50.3 Å². The van der Waals surface area contributed by atoms with Crippen LogP contribution in [0.4, 0.5) is 0 Å². The molecule has 0 amide bonds. The fourth-order valence-electron chi connectivity index (χ4n) is 7.69. The molecule has 0 aliphatic carbocycles. The predicted molar refractivity (Wildman–Crippen MR) is 253 cm³/mol. The molecule has 1 aliphatic heterocycles. The zero-order chi connectivity index (χ0) is 45.0. The summed E-state index contributed by atoms with van der Waals surface area (Å²) in [4.78, 5) is 14.0. The van der Waals surface area contributed by atoms with Gasteiger partial charge in [-0.05, 0) is 60.8 Å². The number of hydrogen-bond acceptors (Lipinski definition) is 14. The van der Waals surface area contributed by atoms with Gasteiger partial charge in [0.1, 0.15) is 17.2 Å². The molecule has 3 atom stereocenters. The highest BCUT2D eigenvalue weighted by Gasteiger charge is 2.47. The number of unbranched alkanes of at least 4 members (excludes halogenated alkanes) is 15. The number of esters is 1. The Balaban J connectivity index is 1.83. The minimum absolute atomic E-state index is 0.0625. The molecule has 4 rings (SSSR count). The molecule has 3 aromatic carbocycles. The molecule has 1 heterocycles. The van der Waals surface area contributed by atoms with Gasteiger partial charge in [0, 0.05) is 28.2 Å². The maximum absolute atomic E-state index is 14.0. The third kappa shape index (κ3) is 14.5. The third-order valence-electron chi connectivity index (χ3n) is 11.3. The topological polar surface area (TPSA) is 197 Å². The van der Waals surface area contributed by atoms with Crippen LogP contribution in [0, 0.1) is 0 Å². The number of aromatic hydroxyl groups is 8. The molecule has 346 valence electrons. The zero-order valence-corrected chi connectivity index (χ0v) is 39.3. The first-order valence-corrected chi connectivity index (χ1v) is 26.0. The van der Waals surface area contributed by atoms with Crippen molar-refractivity contribution in [1.29, 1.82) is 0 Å². The van der Waals surface area contributed by atoms with E-state index in [1.807, 2.05) is 0 Å². The summed E-state index contributed by atoms with van der Waals surface area (Å²) >= 11 is 4.76. The predicted octanol–water partition coefficient (Wildman–Crippen LogP) is 13.0. The van der Waals surface area contributed by atoms with E-state index in [9.17, 15) is 45.6 Å². The monoisotopic (exact) mass is 918 g/mol. The van der Waals surface area contributed by atoms with E-state index in [1.54, 1.807) is 23.5 Å². The van der Waals surface area contributed by atoms with Crippen molar-refractivity contribution in [2.75, 3.05) is 17.3 Å². The Labute approximate surface area is 381 Å². The number of thioether (sulfide) groups is 3. The lowest BCUT2D eigenvalue weighted by Gasteiger charge is -2.40. The smallest absolute Gasteiger partial charge is 0.338 e. The van der Waals surface area contributed by atoms with Gasteiger partial charge in [0.15, 0.2) is 46.7 Å². The number of hydrogen-bond donors (Lipinski definition) is 8. The van der Waals surface area contributed by atoms with E-state index < -0.39 is 57.9 Å². The number of benzene rings is 3. The van der Waals surface area contributed by atoms with Crippen LogP contribution in [-0.4, -0.2) is 70.2 Å². The van der Waals surface area contributed by atoms with Crippen molar-refractivity contribution in [1.82, 2.24) is 0 Å². The van der Waals surface area contributed by atoms with E-state index in [1.165, 1.54) is 68.8 Å². The Morgan fingerprint density at radius 3 is 1.48 bits per heavy atom. The Hall–Kier alpha value is -3.62. The van der Waals surface area contributed by atoms with E-state index in [4.69, 9.17) is 9.47 Å². The van der Waals surface area contributed by atoms with Gasteiger partial charge in [0.2, 0.25) is 0 Å². The Kier molecular flexibility index (Phi) is 22.1. The summed E-state index contributed by atoms with van der Waals surface area (Å²) < 4.78 is 13.0. The number of rotatable bonds is 29. The van der Waals surface area contributed by atoms with Crippen molar-refractivity contribution in [3.05, 3.63) is 52.1 Å². The van der Waals surface area contributed by atoms with E-state index >= 15 is 0 Å². The number of phenolic OH excluding ortho intramolecular Hbond substituents is 8. The van der Waals surface area contributed by atoms with Crippen LogP contribution in [-0.2, 0) is 16.2 Å². The van der Waals surface area contributed by atoms with Crippen LogP contribution in [0.3, 0.4) is 0 Å². The standard InChI is InChI=1S/C48H70O11S3/c1-4-7-10-13-16-19-22-60-29-33-40(53)34(30-61-23-20-17-14-11-8-5-2)45-39(41(33)54)47(62-24-21-18-15-12-9-6-3)46(44(58-45)31-25-35(49)42(55)36(50)26-31)59-48(57)32-27-37(51)43(56)38(52)28-32/h25-28,44,46-47,49-56H,4-24,29-30H2,1-3H3/t44-,46+,47+/m1/s1. The van der Waals surface area contributed by atoms with Crippen LogP contribution >= 0.6 is 35.3 Å². The zero-order valence-electron chi connectivity index (χ0n) is 36.8. The van der Waals surface area contributed by atoms with Crippen molar-refractivity contribution in [2.45, 2.75) is 165 Å². The number of carbonyl (C=O) groups excluding carboxylic acids is 1. The highest BCUT2D eigenvalue weighted by atomic mass is 32.2. The molecule has 0 saturated heterocycles. The molecule has 14 heteroatoms. The van der Waals surface area contributed by atoms with Crippen molar-refractivity contribution < 1.29 is 55.1 Å². The number of phenols is 8.